The van der Waals surface area contributed by atoms with Crippen LogP contribution in [-0.2, 0) is 0 Å². The lowest BCUT2D eigenvalue weighted by molar-refractivity contribution is -0.0522. The molecule has 0 spiro atoms. The first-order chi connectivity index (χ1) is 6.50. The highest BCUT2D eigenvalue weighted by atomic mass is 19.3. The second-order valence-corrected chi connectivity index (χ2v) is 2.74. The second-order valence-electron chi connectivity index (χ2n) is 2.74. The molecule has 0 fully saturated rings. The van der Waals surface area contributed by atoms with Crippen LogP contribution in [0.2, 0.25) is 0 Å². The Balaban J connectivity index is 2.90. The maximum Gasteiger partial charge on any atom is 0.387 e. The lowest BCUT2D eigenvalue weighted by Crippen LogP contribution is -2.04. The summed E-state index contributed by atoms with van der Waals surface area (Å²) in [6, 6.07) is 3.34. The molecule has 5 heteroatoms. The largest absolute Gasteiger partial charge is 0.432 e. The summed E-state index contributed by atoms with van der Waals surface area (Å²) in [6.45, 7) is -1.61. The topological polar surface area (TPSA) is 29.5 Å². The van der Waals surface area contributed by atoms with Crippen molar-refractivity contribution in [3.05, 3.63) is 29.6 Å². The van der Waals surface area contributed by atoms with E-state index in [1.807, 2.05) is 0 Å². The van der Waals surface area contributed by atoms with Crippen LogP contribution in [0.3, 0.4) is 0 Å². The van der Waals surface area contributed by atoms with Crippen LogP contribution in [0.25, 0.3) is 0 Å². The van der Waals surface area contributed by atoms with Crippen molar-refractivity contribution in [2.75, 3.05) is 0 Å². The molecule has 1 N–H and O–H groups in total. The van der Waals surface area contributed by atoms with Crippen molar-refractivity contribution in [3.63, 3.8) is 0 Å². The first-order valence-corrected chi connectivity index (χ1v) is 3.93. The second kappa shape index (κ2) is 4.32. The highest BCUT2D eigenvalue weighted by Gasteiger charge is 2.11. The fourth-order valence-corrected chi connectivity index (χ4v) is 0.969. The zero-order valence-electron chi connectivity index (χ0n) is 7.38. The molecule has 0 aromatic heterocycles. The molecule has 1 rings (SSSR count). The summed E-state index contributed by atoms with van der Waals surface area (Å²) in [4.78, 5) is 0. The van der Waals surface area contributed by atoms with E-state index in [4.69, 9.17) is 5.11 Å². The van der Waals surface area contributed by atoms with E-state index in [1.54, 1.807) is 0 Å². The molecule has 0 saturated heterocycles. The molecule has 1 atom stereocenters. The maximum atomic E-state index is 13.0. The first-order valence-electron chi connectivity index (χ1n) is 3.93. The average molecular weight is 206 g/mol. The monoisotopic (exact) mass is 206 g/mol. The Morgan fingerprint density at radius 3 is 2.43 bits per heavy atom. The molecule has 0 radical (unpaired) electrons. The summed E-state index contributed by atoms with van der Waals surface area (Å²) in [5.41, 5.74) is 0.309. The van der Waals surface area contributed by atoms with Gasteiger partial charge in [0.05, 0.1) is 6.10 Å². The van der Waals surface area contributed by atoms with Gasteiger partial charge in [-0.25, -0.2) is 4.39 Å². The number of alkyl halides is 2. The van der Waals surface area contributed by atoms with Gasteiger partial charge in [0.25, 0.3) is 0 Å². The Labute approximate surface area is 78.9 Å². The van der Waals surface area contributed by atoms with Crippen molar-refractivity contribution >= 4 is 0 Å². The normalized spacial score (nSPS) is 13.0. The maximum absolute atomic E-state index is 13.0. The molecule has 2 nitrogen and oxygen atoms in total. The minimum absolute atomic E-state index is 0.309. The SMILES string of the molecule is CC(O)c1ccc(OC(F)F)c(F)c1. The third-order valence-electron chi connectivity index (χ3n) is 1.65. The summed E-state index contributed by atoms with van der Waals surface area (Å²) >= 11 is 0. The minimum atomic E-state index is -3.05. The van der Waals surface area contributed by atoms with Crippen molar-refractivity contribution in [1.82, 2.24) is 0 Å². The molecular formula is C9H9F3O2. The van der Waals surface area contributed by atoms with Gasteiger partial charge in [-0.15, -0.1) is 0 Å². The molecule has 0 saturated carbocycles. The number of rotatable bonds is 3. The fraction of sp³-hybridized carbons (Fsp3) is 0.333. The molecule has 0 bridgehead atoms. The van der Waals surface area contributed by atoms with Gasteiger partial charge in [-0.1, -0.05) is 6.07 Å². The molecule has 0 heterocycles. The predicted molar refractivity (Wildman–Crippen MR) is 43.7 cm³/mol. The van der Waals surface area contributed by atoms with Crippen LogP contribution in [0.4, 0.5) is 13.2 Å². The number of halogens is 3. The molecule has 1 unspecified atom stereocenters. The van der Waals surface area contributed by atoms with Crippen LogP contribution in [0.15, 0.2) is 18.2 Å². The van der Waals surface area contributed by atoms with Crippen molar-refractivity contribution in [2.24, 2.45) is 0 Å². The molecule has 1 aromatic carbocycles. The van der Waals surface area contributed by atoms with E-state index in [1.165, 1.54) is 13.0 Å². The Hall–Kier alpha value is -1.23. The van der Waals surface area contributed by atoms with E-state index in [9.17, 15) is 13.2 Å². The van der Waals surface area contributed by atoms with E-state index in [0.29, 0.717) is 5.56 Å². The first kappa shape index (κ1) is 10.8. The number of hydrogen-bond acceptors (Lipinski definition) is 2. The Bertz CT molecular complexity index is 313. The summed E-state index contributed by atoms with van der Waals surface area (Å²) < 4.78 is 40.3. The van der Waals surface area contributed by atoms with Crippen LogP contribution >= 0.6 is 0 Å². The number of benzene rings is 1. The van der Waals surface area contributed by atoms with Gasteiger partial charge in [-0.05, 0) is 24.6 Å². The summed E-state index contributed by atoms with van der Waals surface area (Å²) in [5.74, 6) is -1.44. The van der Waals surface area contributed by atoms with E-state index in [-0.39, 0.29) is 0 Å². The number of aliphatic hydroxyl groups is 1. The van der Waals surface area contributed by atoms with Gasteiger partial charge in [0.15, 0.2) is 11.6 Å². The molecule has 0 aliphatic heterocycles. The summed E-state index contributed by atoms with van der Waals surface area (Å²) in [7, 11) is 0. The Kier molecular flexibility index (Phi) is 3.35. The number of hydrogen-bond donors (Lipinski definition) is 1. The number of ether oxygens (including phenoxy) is 1. The van der Waals surface area contributed by atoms with Crippen LogP contribution in [-0.4, -0.2) is 11.7 Å². The van der Waals surface area contributed by atoms with Crippen molar-refractivity contribution in [1.29, 1.82) is 0 Å². The molecule has 14 heavy (non-hydrogen) atoms. The predicted octanol–water partition coefficient (Wildman–Crippen LogP) is 2.48. The molecular weight excluding hydrogens is 197 g/mol. The molecule has 0 aliphatic rings. The van der Waals surface area contributed by atoms with Crippen LogP contribution < -0.4 is 4.74 Å². The summed E-state index contributed by atoms with van der Waals surface area (Å²) in [5, 5.41) is 9.07. The zero-order chi connectivity index (χ0) is 10.7. The fourth-order valence-electron chi connectivity index (χ4n) is 0.969. The Morgan fingerprint density at radius 2 is 2.00 bits per heavy atom. The van der Waals surface area contributed by atoms with Crippen LogP contribution in [0.5, 0.6) is 5.75 Å². The van der Waals surface area contributed by atoms with E-state index in [0.717, 1.165) is 12.1 Å². The van der Waals surface area contributed by atoms with E-state index in [2.05, 4.69) is 4.74 Å². The lowest BCUT2D eigenvalue weighted by Gasteiger charge is -2.08. The van der Waals surface area contributed by atoms with E-state index < -0.39 is 24.3 Å². The van der Waals surface area contributed by atoms with Gasteiger partial charge in [0.1, 0.15) is 0 Å². The van der Waals surface area contributed by atoms with Crippen molar-refractivity contribution in [2.45, 2.75) is 19.6 Å². The third-order valence-corrected chi connectivity index (χ3v) is 1.65. The zero-order valence-corrected chi connectivity index (χ0v) is 7.38. The molecule has 78 valence electrons. The van der Waals surface area contributed by atoms with E-state index >= 15 is 0 Å². The quantitative estimate of drug-likeness (QED) is 0.823. The van der Waals surface area contributed by atoms with Gasteiger partial charge in [0.2, 0.25) is 0 Å². The van der Waals surface area contributed by atoms with Crippen LogP contribution in [0, 0.1) is 5.82 Å². The molecule has 1 aromatic rings. The van der Waals surface area contributed by atoms with Crippen molar-refractivity contribution < 1.29 is 23.0 Å². The standard InChI is InChI=1S/C9H9F3O2/c1-5(13)6-2-3-8(7(10)4-6)14-9(11)12/h2-5,9,13H,1H3. The highest BCUT2D eigenvalue weighted by Crippen LogP contribution is 2.23. The van der Waals surface area contributed by atoms with Crippen LogP contribution in [0.1, 0.15) is 18.6 Å². The molecule has 0 aliphatic carbocycles. The summed E-state index contributed by atoms with van der Waals surface area (Å²) in [6.07, 6.45) is -0.843. The van der Waals surface area contributed by atoms with Gasteiger partial charge in [-0.2, -0.15) is 8.78 Å². The number of aliphatic hydroxyl groups excluding tert-OH is 1. The highest BCUT2D eigenvalue weighted by molar-refractivity contribution is 5.30. The van der Waals surface area contributed by atoms with Gasteiger partial charge < -0.3 is 9.84 Å². The lowest BCUT2D eigenvalue weighted by atomic mass is 10.1. The van der Waals surface area contributed by atoms with Gasteiger partial charge in [-0.3, -0.25) is 0 Å². The smallest absolute Gasteiger partial charge is 0.387 e. The molecule has 0 amide bonds. The average Bonchev–Trinajstić information content (AvgIpc) is 2.07. The van der Waals surface area contributed by atoms with Gasteiger partial charge >= 0.3 is 6.61 Å². The third kappa shape index (κ3) is 2.63. The van der Waals surface area contributed by atoms with Crippen molar-refractivity contribution in [3.8, 4) is 5.75 Å². The Morgan fingerprint density at radius 1 is 1.36 bits per heavy atom. The van der Waals surface area contributed by atoms with Gasteiger partial charge in [0, 0.05) is 0 Å². The minimum Gasteiger partial charge on any atom is -0.432 e.